The second-order valence-electron chi connectivity index (χ2n) is 4.61. The zero-order valence-corrected chi connectivity index (χ0v) is 10.7. The smallest absolute Gasteiger partial charge is 0.193 e. The zero-order chi connectivity index (χ0) is 12.9. The van der Waals surface area contributed by atoms with Gasteiger partial charge in [-0.05, 0) is 44.5 Å². The first kappa shape index (κ1) is 13.7. The summed E-state index contributed by atoms with van der Waals surface area (Å²) < 4.78 is 5.49. The fraction of sp³-hybridized carbons (Fsp3) is 0.500. The van der Waals surface area contributed by atoms with Crippen LogP contribution in [-0.2, 0) is 0 Å². The second kappa shape index (κ2) is 5.82. The Labute approximate surface area is 102 Å². The number of carbonyl (C=O) groups is 1. The monoisotopic (exact) mass is 236 g/mol. The minimum atomic E-state index is -1.33. The van der Waals surface area contributed by atoms with Crippen LogP contribution in [0.25, 0.3) is 0 Å². The number of hydrogen-bond donors (Lipinski definition) is 1. The molecule has 1 aromatic carbocycles. The van der Waals surface area contributed by atoms with Crippen molar-refractivity contribution in [2.45, 2.75) is 39.2 Å². The van der Waals surface area contributed by atoms with E-state index in [0.717, 1.165) is 18.6 Å². The molecule has 0 heterocycles. The van der Waals surface area contributed by atoms with Crippen molar-refractivity contribution in [1.29, 1.82) is 0 Å². The average molecular weight is 236 g/mol. The molecule has 0 atom stereocenters. The summed E-state index contributed by atoms with van der Waals surface area (Å²) in [7, 11) is 0. The molecular weight excluding hydrogens is 216 g/mol. The highest BCUT2D eigenvalue weighted by atomic mass is 16.5. The highest BCUT2D eigenvalue weighted by Gasteiger charge is 2.24. The summed E-state index contributed by atoms with van der Waals surface area (Å²) in [6.07, 6.45) is 2.11. The van der Waals surface area contributed by atoms with Crippen LogP contribution < -0.4 is 4.74 Å². The van der Waals surface area contributed by atoms with Crippen molar-refractivity contribution in [3.63, 3.8) is 0 Å². The third-order valence-corrected chi connectivity index (χ3v) is 2.44. The van der Waals surface area contributed by atoms with Gasteiger partial charge in [-0.3, -0.25) is 4.79 Å². The molecule has 0 aliphatic carbocycles. The zero-order valence-electron chi connectivity index (χ0n) is 10.7. The van der Waals surface area contributed by atoms with E-state index >= 15 is 0 Å². The van der Waals surface area contributed by atoms with Gasteiger partial charge in [0.15, 0.2) is 5.78 Å². The molecular formula is C14H20O3. The van der Waals surface area contributed by atoms with E-state index in [-0.39, 0.29) is 5.78 Å². The van der Waals surface area contributed by atoms with E-state index in [2.05, 4.69) is 6.92 Å². The number of unbranched alkanes of at least 4 members (excludes halogenated alkanes) is 1. The first-order chi connectivity index (χ1) is 7.95. The lowest BCUT2D eigenvalue weighted by Gasteiger charge is -2.15. The van der Waals surface area contributed by atoms with Crippen molar-refractivity contribution in [2.75, 3.05) is 6.61 Å². The molecule has 1 rings (SSSR count). The summed E-state index contributed by atoms with van der Waals surface area (Å²) in [5, 5.41) is 9.60. The first-order valence-corrected chi connectivity index (χ1v) is 5.95. The van der Waals surface area contributed by atoms with Crippen molar-refractivity contribution >= 4 is 5.78 Å². The number of benzene rings is 1. The fourth-order valence-corrected chi connectivity index (χ4v) is 1.39. The molecule has 0 amide bonds. The molecule has 0 saturated carbocycles. The minimum absolute atomic E-state index is 0.280. The molecule has 1 N–H and O–H groups in total. The number of rotatable bonds is 6. The maximum absolute atomic E-state index is 11.7. The number of carbonyl (C=O) groups excluding carboxylic acids is 1. The largest absolute Gasteiger partial charge is 0.494 e. The van der Waals surface area contributed by atoms with E-state index in [9.17, 15) is 9.90 Å². The van der Waals surface area contributed by atoms with Crippen molar-refractivity contribution in [3.8, 4) is 5.75 Å². The van der Waals surface area contributed by atoms with Gasteiger partial charge >= 0.3 is 0 Å². The molecule has 0 unspecified atom stereocenters. The topological polar surface area (TPSA) is 46.5 Å². The Balaban J connectivity index is 2.65. The fourth-order valence-electron chi connectivity index (χ4n) is 1.39. The van der Waals surface area contributed by atoms with Gasteiger partial charge < -0.3 is 9.84 Å². The molecule has 0 aliphatic rings. The van der Waals surface area contributed by atoms with Gasteiger partial charge in [0, 0.05) is 5.56 Å². The highest BCUT2D eigenvalue weighted by Crippen LogP contribution is 2.17. The summed E-state index contributed by atoms with van der Waals surface area (Å²) >= 11 is 0. The van der Waals surface area contributed by atoms with Gasteiger partial charge in [0.1, 0.15) is 11.4 Å². The van der Waals surface area contributed by atoms with E-state index in [0.29, 0.717) is 12.2 Å². The molecule has 0 aromatic heterocycles. The number of aliphatic hydroxyl groups is 1. The van der Waals surface area contributed by atoms with Gasteiger partial charge in [-0.1, -0.05) is 13.3 Å². The lowest BCUT2D eigenvalue weighted by atomic mass is 9.97. The number of Topliss-reactive ketones (excluding diaryl/α,β-unsaturated/α-hetero) is 1. The molecule has 1 aromatic rings. The summed E-state index contributed by atoms with van der Waals surface area (Å²) in [4.78, 5) is 11.7. The molecule has 0 radical (unpaired) electrons. The molecule has 0 spiro atoms. The third kappa shape index (κ3) is 4.19. The van der Waals surface area contributed by atoms with Crippen molar-refractivity contribution in [1.82, 2.24) is 0 Å². The van der Waals surface area contributed by atoms with E-state index in [1.165, 1.54) is 13.8 Å². The summed E-state index contributed by atoms with van der Waals surface area (Å²) in [5.74, 6) is 0.475. The van der Waals surface area contributed by atoms with Gasteiger partial charge in [-0.15, -0.1) is 0 Å². The third-order valence-electron chi connectivity index (χ3n) is 2.44. The van der Waals surface area contributed by atoms with Gasteiger partial charge in [0.05, 0.1) is 6.61 Å². The Morgan fingerprint density at radius 3 is 2.35 bits per heavy atom. The molecule has 0 aliphatic heterocycles. The van der Waals surface area contributed by atoms with Gasteiger partial charge in [0.25, 0.3) is 0 Å². The average Bonchev–Trinajstić information content (AvgIpc) is 2.28. The quantitative estimate of drug-likeness (QED) is 0.610. The number of ketones is 1. The van der Waals surface area contributed by atoms with Crippen LogP contribution in [0.1, 0.15) is 44.0 Å². The van der Waals surface area contributed by atoms with Gasteiger partial charge in [0.2, 0.25) is 0 Å². The Morgan fingerprint density at radius 2 is 1.88 bits per heavy atom. The lowest BCUT2D eigenvalue weighted by molar-refractivity contribution is 0.0488. The minimum Gasteiger partial charge on any atom is -0.494 e. The second-order valence-corrected chi connectivity index (χ2v) is 4.61. The molecule has 17 heavy (non-hydrogen) atoms. The molecule has 3 nitrogen and oxygen atoms in total. The van der Waals surface area contributed by atoms with Crippen LogP contribution in [0.5, 0.6) is 5.75 Å². The van der Waals surface area contributed by atoms with Crippen LogP contribution in [0.3, 0.4) is 0 Å². The Kier molecular flexibility index (Phi) is 4.70. The Hall–Kier alpha value is -1.35. The molecule has 94 valence electrons. The van der Waals surface area contributed by atoms with Crippen LogP contribution in [0, 0.1) is 0 Å². The molecule has 3 heteroatoms. The maximum Gasteiger partial charge on any atom is 0.193 e. The summed E-state index contributed by atoms with van der Waals surface area (Å²) in [6.45, 7) is 5.77. The van der Waals surface area contributed by atoms with Crippen LogP contribution in [0.15, 0.2) is 24.3 Å². The molecule has 0 bridgehead atoms. The van der Waals surface area contributed by atoms with E-state index < -0.39 is 5.60 Å². The summed E-state index contributed by atoms with van der Waals surface area (Å²) in [6, 6.07) is 6.88. The predicted octanol–water partition coefficient (Wildman–Crippen LogP) is 2.82. The number of hydrogen-bond acceptors (Lipinski definition) is 3. The van der Waals surface area contributed by atoms with E-state index in [4.69, 9.17) is 4.74 Å². The standard InChI is InChI=1S/C14H20O3/c1-4-5-10-17-12-8-6-11(7-9-12)13(15)14(2,3)16/h6-9,16H,4-5,10H2,1-3H3. The molecule has 0 saturated heterocycles. The normalized spacial score (nSPS) is 11.3. The van der Waals surface area contributed by atoms with Crippen LogP contribution in [-0.4, -0.2) is 23.1 Å². The SMILES string of the molecule is CCCCOc1ccc(C(=O)C(C)(C)O)cc1. The Morgan fingerprint density at radius 1 is 1.29 bits per heavy atom. The van der Waals surface area contributed by atoms with Crippen molar-refractivity contribution in [3.05, 3.63) is 29.8 Å². The summed E-state index contributed by atoms with van der Waals surface area (Å²) in [5.41, 5.74) is -0.828. The van der Waals surface area contributed by atoms with E-state index in [1.54, 1.807) is 24.3 Å². The Bertz CT molecular complexity index is 360. The number of ether oxygens (including phenoxy) is 1. The van der Waals surface area contributed by atoms with Crippen LogP contribution in [0.2, 0.25) is 0 Å². The van der Waals surface area contributed by atoms with E-state index in [1.807, 2.05) is 0 Å². The van der Waals surface area contributed by atoms with Crippen molar-refractivity contribution < 1.29 is 14.6 Å². The van der Waals surface area contributed by atoms with Crippen LogP contribution >= 0.6 is 0 Å². The van der Waals surface area contributed by atoms with Crippen molar-refractivity contribution in [2.24, 2.45) is 0 Å². The maximum atomic E-state index is 11.7. The van der Waals surface area contributed by atoms with Gasteiger partial charge in [-0.2, -0.15) is 0 Å². The predicted molar refractivity (Wildman–Crippen MR) is 67.5 cm³/mol. The van der Waals surface area contributed by atoms with Gasteiger partial charge in [-0.25, -0.2) is 0 Å². The first-order valence-electron chi connectivity index (χ1n) is 5.95. The highest BCUT2D eigenvalue weighted by molar-refractivity contribution is 6.01. The molecule has 0 fully saturated rings. The van der Waals surface area contributed by atoms with Crippen LogP contribution in [0.4, 0.5) is 0 Å². The lowest BCUT2D eigenvalue weighted by Crippen LogP contribution is -2.30.